The van der Waals surface area contributed by atoms with Crippen molar-refractivity contribution in [3.63, 3.8) is 0 Å². The van der Waals surface area contributed by atoms with Gasteiger partial charge in [-0.15, -0.1) is 0 Å². The van der Waals surface area contributed by atoms with E-state index in [0.717, 1.165) is 28.1 Å². The number of benzene rings is 1. The van der Waals surface area contributed by atoms with Crippen molar-refractivity contribution in [2.45, 2.75) is 6.92 Å². The number of hydrogen-bond donors (Lipinski definition) is 1. The molecule has 0 aromatic heterocycles. The molecule has 0 fully saturated rings. The van der Waals surface area contributed by atoms with Gasteiger partial charge in [0.15, 0.2) is 0 Å². The third-order valence-electron chi connectivity index (χ3n) is 2.18. The van der Waals surface area contributed by atoms with Crippen molar-refractivity contribution in [2.75, 3.05) is 35.7 Å². The molecular weight excluding hydrogens is 272 g/mol. The van der Waals surface area contributed by atoms with E-state index in [4.69, 9.17) is 5.73 Å². The largest absolute Gasteiger partial charge is 0.397 e. The first-order valence-corrected chi connectivity index (χ1v) is 6.93. The molecular formula is C11H17BrN2S. The summed E-state index contributed by atoms with van der Waals surface area (Å²) in [5.41, 5.74) is 7.88. The topological polar surface area (TPSA) is 29.3 Å². The number of nitrogen functional groups attached to an aromatic ring is 1. The second-order valence-corrected chi connectivity index (χ2v) is 5.63. The molecule has 2 nitrogen and oxygen atoms in total. The SMILES string of the molecule is CCSCCN(C)c1ccc(Br)cc1N. The van der Waals surface area contributed by atoms with Crippen molar-refractivity contribution in [3.8, 4) is 0 Å². The predicted octanol–water partition coefficient (Wildman–Crippen LogP) is 3.22. The van der Waals surface area contributed by atoms with Gasteiger partial charge in [0.25, 0.3) is 0 Å². The Balaban J connectivity index is 2.61. The third-order valence-corrected chi connectivity index (χ3v) is 3.55. The average molecular weight is 289 g/mol. The van der Waals surface area contributed by atoms with E-state index >= 15 is 0 Å². The van der Waals surface area contributed by atoms with Gasteiger partial charge in [0, 0.05) is 23.8 Å². The molecule has 0 bridgehead atoms. The molecule has 0 saturated heterocycles. The summed E-state index contributed by atoms with van der Waals surface area (Å²) in [6, 6.07) is 6.02. The smallest absolute Gasteiger partial charge is 0.0598 e. The molecule has 0 saturated carbocycles. The zero-order chi connectivity index (χ0) is 11.3. The van der Waals surface area contributed by atoms with Crippen molar-refractivity contribution >= 4 is 39.1 Å². The first kappa shape index (κ1) is 12.7. The van der Waals surface area contributed by atoms with E-state index in [9.17, 15) is 0 Å². The normalized spacial score (nSPS) is 10.3. The molecule has 0 unspecified atom stereocenters. The van der Waals surface area contributed by atoms with Crippen LogP contribution in [0.5, 0.6) is 0 Å². The lowest BCUT2D eigenvalue weighted by atomic mass is 10.2. The van der Waals surface area contributed by atoms with Crippen LogP contribution in [0.4, 0.5) is 11.4 Å². The lowest BCUT2D eigenvalue weighted by Crippen LogP contribution is -2.21. The second-order valence-electron chi connectivity index (χ2n) is 3.32. The van der Waals surface area contributed by atoms with Gasteiger partial charge in [-0.05, 0) is 24.0 Å². The van der Waals surface area contributed by atoms with Gasteiger partial charge in [-0.3, -0.25) is 0 Å². The summed E-state index contributed by atoms with van der Waals surface area (Å²) in [5.74, 6) is 2.31. The summed E-state index contributed by atoms with van der Waals surface area (Å²) < 4.78 is 1.03. The van der Waals surface area contributed by atoms with Gasteiger partial charge in [0.2, 0.25) is 0 Å². The Morgan fingerprint density at radius 3 is 2.80 bits per heavy atom. The van der Waals surface area contributed by atoms with Crippen LogP contribution in [-0.4, -0.2) is 25.1 Å². The minimum atomic E-state index is 0.827. The fraction of sp³-hybridized carbons (Fsp3) is 0.455. The molecule has 0 radical (unpaired) electrons. The van der Waals surface area contributed by atoms with E-state index in [1.165, 1.54) is 5.75 Å². The fourth-order valence-electron chi connectivity index (χ4n) is 1.34. The second kappa shape index (κ2) is 6.28. The van der Waals surface area contributed by atoms with Crippen LogP contribution in [-0.2, 0) is 0 Å². The number of anilines is 2. The van der Waals surface area contributed by atoms with Gasteiger partial charge in [-0.2, -0.15) is 11.8 Å². The van der Waals surface area contributed by atoms with Crippen LogP contribution in [0, 0.1) is 0 Å². The standard InChI is InChI=1S/C11H17BrN2S/c1-3-15-7-6-14(2)11-5-4-9(12)8-10(11)13/h4-5,8H,3,6-7,13H2,1-2H3. The van der Waals surface area contributed by atoms with Crippen LogP contribution in [0.2, 0.25) is 0 Å². The van der Waals surface area contributed by atoms with E-state index in [1.54, 1.807) is 0 Å². The van der Waals surface area contributed by atoms with Crippen LogP contribution in [0.25, 0.3) is 0 Å². The zero-order valence-corrected chi connectivity index (χ0v) is 11.6. The van der Waals surface area contributed by atoms with Crippen molar-refractivity contribution in [1.82, 2.24) is 0 Å². The molecule has 0 spiro atoms. The fourth-order valence-corrected chi connectivity index (χ4v) is 2.41. The molecule has 4 heteroatoms. The molecule has 1 aromatic rings. The summed E-state index contributed by atoms with van der Waals surface area (Å²) in [5, 5.41) is 0. The summed E-state index contributed by atoms with van der Waals surface area (Å²) in [6.45, 7) is 3.21. The highest BCUT2D eigenvalue weighted by atomic mass is 79.9. The van der Waals surface area contributed by atoms with E-state index in [1.807, 2.05) is 23.9 Å². The number of thioether (sulfide) groups is 1. The van der Waals surface area contributed by atoms with E-state index < -0.39 is 0 Å². The van der Waals surface area contributed by atoms with Gasteiger partial charge in [0.1, 0.15) is 0 Å². The number of hydrogen-bond acceptors (Lipinski definition) is 3. The molecule has 0 heterocycles. The summed E-state index contributed by atoms with van der Waals surface area (Å²) in [7, 11) is 2.08. The zero-order valence-electron chi connectivity index (χ0n) is 9.16. The van der Waals surface area contributed by atoms with Gasteiger partial charge in [0.05, 0.1) is 11.4 Å². The van der Waals surface area contributed by atoms with Gasteiger partial charge >= 0.3 is 0 Å². The molecule has 0 atom stereocenters. The summed E-state index contributed by atoms with van der Waals surface area (Å²) >= 11 is 5.35. The first-order chi connectivity index (χ1) is 7.15. The Bertz CT molecular complexity index is 317. The maximum Gasteiger partial charge on any atom is 0.0598 e. The highest BCUT2D eigenvalue weighted by Gasteiger charge is 2.04. The Hall–Kier alpha value is -0.350. The molecule has 15 heavy (non-hydrogen) atoms. The van der Waals surface area contributed by atoms with Gasteiger partial charge in [-0.25, -0.2) is 0 Å². The first-order valence-electron chi connectivity index (χ1n) is 4.99. The van der Waals surface area contributed by atoms with Crippen LogP contribution < -0.4 is 10.6 Å². The van der Waals surface area contributed by atoms with E-state index in [-0.39, 0.29) is 0 Å². The average Bonchev–Trinajstić information content (AvgIpc) is 2.17. The molecule has 2 N–H and O–H groups in total. The Morgan fingerprint density at radius 2 is 2.20 bits per heavy atom. The van der Waals surface area contributed by atoms with Crippen LogP contribution >= 0.6 is 27.7 Å². The number of nitrogens with two attached hydrogens (primary N) is 1. The van der Waals surface area contributed by atoms with Gasteiger partial charge in [-0.1, -0.05) is 22.9 Å². The van der Waals surface area contributed by atoms with Crippen LogP contribution in [0.3, 0.4) is 0 Å². The lowest BCUT2D eigenvalue weighted by molar-refractivity contribution is 0.979. The minimum absolute atomic E-state index is 0.827. The third kappa shape index (κ3) is 3.95. The molecule has 84 valence electrons. The Labute approximate surface area is 104 Å². The quantitative estimate of drug-likeness (QED) is 0.666. The van der Waals surface area contributed by atoms with E-state index in [2.05, 4.69) is 40.9 Å². The molecule has 0 amide bonds. The van der Waals surface area contributed by atoms with Crippen LogP contribution in [0.15, 0.2) is 22.7 Å². The highest BCUT2D eigenvalue weighted by molar-refractivity contribution is 9.10. The van der Waals surface area contributed by atoms with Gasteiger partial charge < -0.3 is 10.6 Å². The maximum absolute atomic E-state index is 5.95. The monoisotopic (exact) mass is 288 g/mol. The minimum Gasteiger partial charge on any atom is -0.397 e. The predicted molar refractivity (Wildman–Crippen MR) is 74.8 cm³/mol. The maximum atomic E-state index is 5.95. The van der Waals surface area contributed by atoms with Crippen molar-refractivity contribution in [1.29, 1.82) is 0 Å². The summed E-state index contributed by atoms with van der Waals surface area (Å²) in [6.07, 6.45) is 0. The molecule has 0 aliphatic rings. The highest BCUT2D eigenvalue weighted by Crippen LogP contribution is 2.25. The van der Waals surface area contributed by atoms with Crippen molar-refractivity contribution in [2.24, 2.45) is 0 Å². The van der Waals surface area contributed by atoms with Crippen LogP contribution in [0.1, 0.15) is 6.92 Å². The lowest BCUT2D eigenvalue weighted by Gasteiger charge is -2.20. The number of nitrogens with zero attached hydrogens (tertiary/aromatic N) is 1. The molecule has 1 rings (SSSR count). The van der Waals surface area contributed by atoms with Crippen molar-refractivity contribution in [3.05, 3.63) is 22.7 Å². The Kier molecular flexibility index (Phi) is 5.32. The molecule has 1 aromatic carbocycles. The van der Waals surface area contributed by atoms with E-state index in [0.29, 0.717) is 0 Å². The summed E-state index contributed by atoms with van der Waals surface area (Å²) in [4.78, 5) is 2.20. The Morgan fingerprint density at radius 1 is 1.47 bits per heavy atom. The molecule has 0 aliphatic heterocycles. The number of rotatable bonds is 5. The molecule has 0 aliphatic carbocycles. The number of halogens is 1. The van der Waals surface area contributed by atoms with Crippen molar-refractivity contribution < 1.29 is 0 Å².